The van der Waals surface area contributed by atoms with Crippen LogP contribution in [-0.2, 0) is 29.2 Å². The van der Waals surface area contributed by atoms with E-state index < -0.39 is 11.3 Å². The number of amides is 4. The van der Waals surface area contributed by atoms with Crippen molar-refractivity contribution in [3.8, 4) is 0 Å². The van der Waals surface area contributed by atoms with E-state index in [1.165, 1.54) is 0 Å². The van der Waals surface area contributed by atoms with E-state index in [1.807, 2.05) is 82.6 Å². The van der Waals surface area contributed by atoms with Gasteiger partial charge in [-0.05, 0) is 11.1 Å². The Balaban J connectivity index is 1.63. The van der Waals surface area contributed by atoms with Crippen LogP contribution in [0.15, 0.2) is 84.9 Å². The molecule has 3 saturated heterocycles. The molecule has 0 aromatic heterocycles. The summed E-state index contributed by atoms with van der Waals surface area (Å²) >= 11 is 0. The fourth-order valence-electron chi connectivity index (χ4n) is 6.35. The molecule has 0 spiro atoms. The first-order valence-electron chi connectivity index (χ1n) is 11.1. The molecule has 0 unspecified atom stereocenters. The molecule has 7 rings (SSSR count). The molecule has 33 heavy (non-hydrogen) atoms. The highest BCUT2D eigenvalue weighted by Gasteiger charge is 2.81. The Morgan fingerprint density at radius 3 is 1.39 bits per heavy atom. The quantitative estimate of drug-likeness (QED) is 0.611. The number of ether oxygens (including phenoxy) is 1. The van der Waals surface area contributed by atoms with Crippen LogP contribution in [0.1, 0.15) is 22.3 Å². The Morgan fingerprint density at radius 2 is 0.939 bits per heavy atom. The molecule has 0 N–H and O–H groups in total. The monoisotopic (exact) mass is 438 g/mol. The zero-order valence-corrected chi connectivity index (χ0v) is 17.9. The normalized spacial score (nSPS) is 27.5. The predicted octanol–water partition coefficient (Wildman–Crippen LogP) is 3.83. The lowest BCUT2D eigenvalue weighted by atomic mass is 9.79. The molecule has 7 nitrogen and oxygen atoms in total. The van der Waals surface area contributed by atoms with E-state index in [9.17, 15) is 9.59 Å². The van der Waals surface area contributed by atoms with Crippen LogP contribution in [0.5, 0.6) is 0 Å². The van der Waals surface area contributed by atoms with Crippen LogP contribution in [0.25, 0.3) is 0 Å². The van der Waals surface area contributed by atoms with Crippen molar-refractivity contribution in [1.29, 1.82) is 0 Å². The summed E-state index contributed by atoms with van der Waals surface area (Å²) in [6.07, 6.45) is 0. The van der Waals surface area contributed by atoms with Gasteiger partial charge in [-0.2, -0.15) is 0 Å². The smallest absolute Gasteiger partial charge is 0.326 e. The highest BCUT2D eigenvalue weighted by Crippen LogP contribution is 2.64. The maximum atomic E-state index is 14.2. The molecule has 0 saturated carbocycles. The number of nitrogens with zero attached hydrogens (tertiary/aromatic N) is 4. The van der Waals surface area contributed by atoms with Crippen molar-refractivity contribution < 1.29 is 14.3 Å². The third kappa shape index (κ3) is 2.00. The molecule has 0 radical (unpaired) electrons. The Morgan fingerprint density at radius 1 is 0.545 bits per heavy atom. The molecule has 3 fully saturated rings. The maximum absolute atomic E-state index is 14.2. The summed E-state index contributed by atoms with van der Waals surface area (Å²) in [6.45, 7) is 1.06. The van der Waals surface area contributed by atoms with Gasteiger partial charge in [-0.1, -0.05) is 84.9 Å². The topological polar surface area (TPSA) is 56.3 Å². The number of hydrogen-bond donors (Lipinski definition) is 0. The lowest BCUT2D eigenvalue weighted by Crippen LogP contribution is -2.65. The Labute approximate surface area is 191 Å². The van der Waals surface area contributed by atoms with Crippen LogP contribution < -0.4 is 0 Å². The average molecular weight is 438 g/mol. The van der Waals surface area contributed by atoms with Gasteiger partial charge in [0.2, 0.25) is 0 Å². The summed E-state index contributed by atoms with van der Waals surface area (Å²) in [4.78, 5) is 35.6. The summed E-state index contributed by atoms with van der Waals surface area (Å²) in [5.41, 5.74) is 1.82. The number of carbonyl (C=O) groups is 2. The molecule has 7 heteroatoms. The van der Waals surface area contributed by atoms with Crippen molar-refractivity contribution in [3.05, 3.63) is 107 Å². The van der Waals surface area contributed by atoms with Crippen LogP contribution >= 0.6 is 0 Å². The van der Waals surface area contributed by atoms with Gasteiger partial charge in [0.05, 0.1) is 13.1 Å². The van der Waals surface area contributed by atoms with Crippen molar-refractivity contribution in [3.63, 3.8) is 0 Å². The second kappa shape index (κ2) is 6.36. The van der Waals surface area contributed by atoms with E-state index in [-0.39, 0.29) is 25.5 Å². The van der Waals surface area contributed by atoms with Gasteiger partial charge >= 0.3 is 12.1 Å². The summed E-state index contributed by atoms with van der Waals surface area (Å²) < 4.78 is 5.82. The molecule has 0 bridgehead atoms. The molecular formula is C26H22N4O3. The highest BCUT2D eigenvalue weighted by molar-refractivity contribution is 5.90. The summed E-state index contributed by atoms with van der Waals surface area (Å²) in [5, 5.41) is 0. The molecule has 4 aliphatic rings. The number of carbonyl (C=O) groups excluding carboxylic acids is 2. The number of benzene rings is 3. The maximum Gasteiger partial charge on any atom is 0.326 e. The van der Waals surface area contributed by atoms with Crippen LogP contribution in [0, 0.1) is 0 Å². The first-order valence-corrected chi connectivity index (χ1v) is 11.1. The first kappa shape index (κ1) is 18.7. The van der Waals surface area contributed by atoms with E-state index in [4.69, 9.17) is 4.74 Å². The lowest BCUT2D eigenvalue weighted by molar-refractivity contribution is -0.179. The molecular weight excluding hydrogens is 416 g/mol. The Kier molecular flexibility index (Phi) is 3.60. The number of fused-ring (bicyclic) bond motifs is 1. The zero-order valence-electron chi connectivity index (χ0n) is 17.9. The molecule has 0 atom stereocenters. The summed E-state index contributed by atoms with van der Waals surface area (Å²) in [5.74, 6) is 0. The minimum Gasteiger partial charge on any atom is -0.340 e. The largest absolute Gasteiger partial charge is 0.340 e. The number of rotatable bonds is 2. The van der Waals surface area contributed by atoms with Crippen LogP contribution in [-0.4, -0.2) is 45.1 Å². The molecule has 164 valence electrons. The minimum atomic E-state index is -1.05. The molecule has 4 heterocycles. The molecule has 0 aliphatic carbocycles. The van der Waals surface area contributed by atoms with Gasteiger partial charge < -0.3 is 4.74 Å². The lowest BCUT2D eigenvalue weighted by Gasteiger charge is -2.51. The van der Waals surface area contributed by atoms with Crippen molar-refractivity contribution >= 4 is 12.1 Å². The van der Waals surface area contributed by atoms with Gasteiger partial charge in [-0.25, -0.2) is 9.59 Å². The van der Waals surface area contributed by atoms with Crippen molar-refractivity contribution in [2.75, 3.05) is 13.5 Å². The molecule has 3 aromatic carbocycles. The first-order chi connectivity index (χ1) is 16.2. The van der Waals surface area contributed by atoms with Gasteiger partial charge in [-0.15, -0.1) is 0 Å². The van der Waals surface area contributed by atoms with Crippen LogP contribution in [0.4, 0.5) is 9.59 Å². The van der Waals surface area contributed by atoms with E-state index in [0.29, 0.717) is 13.1 Å². The fourth-order valence-corrected chi connectivity index (χ4v) is 6.35. The predicted molar refractivity (Wildman–Crippen MR) is 119 cm³/mol. The molecule has 3 aromatic rings. The third-order valence-corrected chi connectivity index (χ3v) is 7.54. The van der Waals surface area contributed by atoms with Gasteiger partial charge in [0.15, 0.2) is 11.3 Å². The Bertz CT molecular complexity index is 1230. The van der Waals surface area contributed by atoms with Crippen molar-refractivity contribution in [2.24, 2.45) is 0 Å². The van der Waals surface area contributed by atoms with Crippen molar-refractivity contribution in [2.45, 2.75) is 24.4 Å². The zero-order chi connectivity index (χ0) is 22.2. The van der Waals surface area contributed by atoms with E-state index >= 15 is 0 Å². The third-order valence-electron chi connectivity index (χ3n) is 7.54. The molecule has 4 aliphatic heterocycles. The SMILES string of the molecule is O=C1N2COCN3C(=O)N4Cc5ccccc5CN1C4(c1ccccc1)C23c1ccccc1. The van der Waals surface area contributed by atoms with Crippen molar-refractivity contribution in [1.82, 2.24) is 19.6 Å². The highest BCUT2D eigenvalue weighted by atomic mass is 16.5. The standard InChI is InChI=1S/C26H22N4O3/c31-23-27-15-19-9-7-8-10-20(19)16-28-24(32)30-18-33-17-29(23)26(30,22-13-5-2-6-14-22)25(27,28)21-11-3-1-4-12-21/h1-14H,15-18H2. The second-order valence-electron chi connectivity index (χ2n) is 8.90. The van der Waals surface area contributed by atoms with Gasteiger partial charge in [0, 0.05) is 11.1 Å². The van der Waals surface area contributed by atoms with E-state index in [1.54, 1.807) is 9.80 Å². The number of hydrogen-bond acceptors (Lipinski definition) is 3. The summed E-state index contributed by atoms with van der Waals surface area (Å²) in [7, 11) is 0. The molecule has 4 amide bonds. The van der Waals surface area contributed by atoms with Gasteiger partial charge in [0.1, 0.15) is 13.5 Å². The van der Waals surface area contributed by atoms with Crippen LogP contribution in [0.2, 0.25) is 0 Å². The van der Waals surface area contributed by atoms with E-state index in [0.717, 1.165) is 22.3 Å². The Hall–Kier alpha value is -3.84. The minimum absolute atomic E-state index is 0.123. The second-order valence-corrected chi connectivity index (χ2v) is 8.90. The van der Waals surface area contributed by atoms with Crippen LogP contribution in [0.3, 0.4) is 0 Å². The average Bonchev–Trinajstić information content (AvgIpc) is 3.14. The van der Waals surface area contributed by atoms with Gasteiger partial charge in [0.25, 0.3) is 0 Å². The van der Waals surface area contributed by atoms with Gasteiger partial charge in [-0.3, -0.25) is 19.6 Å². The summed E-state index contributed by atoms with van der Waals surface area (Å²) in [6, 6.07) is 27.7. The van der Waals surface area contributed by atoms with E-state index in [2.05, 4.69) is 12.1 Å². The fraction of sp³-hybridized carbons (Fsp3) is 0.231. The number of urea groups is 2.